The summed E-state index contributed by atoms with van der Waals surface area (Å²) in [5, 5.41) is 48.1. The number of amides is 2. The first kappa shape index (κ1) is 59.8. The lowest BCUT2D eigenvalue weighted by Crippen LogP contribution is -3.00. The van der Waals surface area contributed by atoms with Gasteiger partial charge in [0.1, 0.15) is 29.3 Å². The first-order valence-corrected chi connectivity index (χ1v) is 29.1. The highest BCUT2D eigenvalue weighted by Gasteiger charge is 2.70. The summed E-state index contributed by atoms with van der Waals surface area (Å²) >= 11 is 25.3. The van der Waals surface area contributed by atoms with Crippen LogP contribution >= 0.6 is 46.4 Å². The van der Waals surface area contributed by atoms with Gasteiger partial charge in [0.15, 0.2) is 0 Å². The number of nitro groups is 1. The predicted octanol–water partition coefficient (Wildman–Crippen LogP) is 7.85. The van der Waals surface area contributed by atoms with Crippen LogP contribution in [-0.4, -0.2) is 110 Å². The Morgan fingerprint density at radius 3 is 1.92 bits per heavy atom. The molecule has 446 valence electrons. The normalized spacial score (nSPS) is 25.1. The van der Waals surface area contributed by atoms with Crippen molar-refractivity contribution < 1.29 is 76.5 Å². The first-order valence-electron chi connectivity index (χ1n) is 27.6. The number of methoxy groups -OCH3 is 1. The number of carboxylic acids is 1. The molecule has 8 atom stereocenters. The largest absolute Gasteiger partial charge is 1.00 e. The summed E-state index contributed by atoms with van der Waals surface area (Å²) in [6.45, 7) is 0.865. The second kappa shape index (κ2) is 22.9. The summed E-state index contributed by atoms with van der Waals surface area (Å²) in [4.78, 5) is 68.0. The molecule has 14 rings (SSSR count). The van der Waals surface area contributed by atoms with Crippen molar-refractivity contribution in [2.45, 2.75) is 79.3 Å². The molecule has 6 aromatic carbocycles. The van der Waals surface area contributed by atoms with E-state index in [0.29, 0.717) is 68.3 Å². The van der Waals surface area contributed by atoms with Crippen molar-refractivity contribution in [3.05, 3.63) is 190 Å². The SMILES string of the molecule is COC(=O)c1ccc(CN[C@@H]2[C@H](CO)N(CC3CC3)[C@@]3(C(=O)Nc4cc(Cl)ccc43)[C@H]2c2cccc(Cl)c2F)c([N+](=O)[O-])c1.O=C(O)c1ccc2c3n(nc2c1)[C@@H]1[C@H](CO3)N(CC2CC2)[C@@]2(C(=O)Nc3cc(Cl)ccc32)[C@H]1c1cccc(Cl)c1F.[I-]. The van der Waals surface area contributed by atoms with E-state index in [9.17, 15) is 39.5 Å². The quantitative estimate of drug-likeness (QED) is 0.0321. The van der Waals surface area contributed by atoms with Crippen LogP contribution in [0, 0.1) is 33.6 Å². The van der Waals surface area contributed by atoms with Crippen LogP contribution in [0.5, 0.6) is 5.88 Å². The van der Waals surface area contributed by atoms with Gasteiger partial charge in [0, 0.05) is 81.7 Å². The number of esters is 1. The second-order valence-electron chi connectivity index (χ2n) is 22.7. The zero-order valence-electron chi connectivity index (χ0n) is 45.4. The molecule has 4 fully saturated rings. The van der Waals surface area contributed by atoms with Gasteiger partial charge in [-0.2, -0.15) is 5.10 Å². The lowest BCUT2D eigenvalue weighted by molar-refractivity contribution is -0.385. The highest BCUT2D eigenvalue weighted by molar-refractivity contribution is 6.32. The lowest BCUT2D eigenvalue weighted by atomic mass is 9.73. The van der Waals surface area contributed by atoms with Gasteiger partial charge in [-0.3, -0.25) is 29.5 Å². The van der Waals surface area contributed by atoms with E-state index in [0.717, 1.165) is 37.3 Å². The third-order valence-corrected chi connectivity index (χ3v) is 19.1. The Labute approximate surface area is 527 Å². The van der Waals surface area contributed by atoms with Crippen LogP contribution < -0.4 is 44.7 Å². The molecular weight excluding hydrogens is 1310 g/mol. The van der Waals surface area contributed by atoms with Crippen LogP contribution in [0.2, 0.25) is 20.1 Å². The summed E-state index contributed by atoms with van der Waals surface area (Å²) < 4.78 is 44.9. The van der Waals surface area contributed by atoms with Crippen molar-refractivity contribution in [2.24, 2.45) is 11.8 Å². The predicted molar refractivity (Wildman–Crippen MR) is 312 cm³/mol. The molecule has 7 aliphatic rings. The number of nitrogens with zero attached hydrogens (tertiary/aromatic N) is 5. The van der Waals surface area contributed by atoms with Gasteiger partial charge in [-0.1, -0.05) is 88.9 Å². The fourth-order valence-electron chi connectivity index (χ4n) is 14.1. The molecule has 1 aromatic heterocycles. The van der Waals surface area contributed by atoms with Crippen LogP contribution in [0.3, 0.4) is 0 Å². The number of carbonyl (C=O) groups excluding carboxylic acids is 3. The molecule has 0 unspecified atom stereocenters. The van der Waals surface area contributed by atoms with Crippen LogP contribution in [0.25, 0.3) is 10.9 Å². The van der Waals surface area contributed by atoms with Crippen molar-refractivity contribution in [3.63, 3.8) is 0 Å². The molecule has 25 heteroatoms. The summed E-state index contributed by atoms with van der Waals surface area (Å²) in [5.41, 5.74) is 0.615. The summed E-state index contributed by atoms with van der Waals surface area (Å²) in [6.07, 6.45) is 4.00. The molecule has 2 saturated heterocycles. The van der Waals surface area contributed by atoms with E-state index in [2.05, 4.69) is 20.9 Å². The van der Waals surface area contributed by atoms with Gasteiger partial charge in [0.2, 0.25) is 17.7 Å². The standard InChI is InChI=1S/C31H29Cl2FN4O6.C30H23Cl2FN4O4.HI/c1-44-29(40)17-7-8-18(24(11-17)38(42)43)13-35-28-25(15-39)37(14-16-5-6-16)31(26(28)20-3-2-4-22(33)27(20)34)21-10-9-19(32)12-23(21)36-30(31)41;31-16-7-9-19-22(11-16)34-29(40)30(19)24(18-2-1-3-20(32)25(18)33)26-23(36(30)12-14-4-5-14)13-41-27-17-8-6-15(28(38)39)10-21(17)35-37(26)27;/h2-4,7-12,16,25-26,28,35,39H,5-6,13-15H2,1H3,(H,36,41);1-3,6-11,14,23-24,26H,4-5,12-13H2,(H,34,40)(H,38,39);1H/p-1/t25-,26-,28+,31+;23-,24-,26+,30+;/m00./s1. The van der Waals surface area contributed by atoms with Gasteiger partial charge >= 0.3 is 11.9 Å². The number of likely N-dealkylation sites (tertiary alicyclic amines) is 2. The minimum absolute atomic E-state index is 0. The van der Waals surface area contributed by atoms with Crippen molar-refractivity contribution in [1.82, 2.24) is 24.9 Å². The van der Waals surface area contributed by atoms with Crippen molar-refractivity contribution in [1.29, 1.82) is 0 Å². The fraction of sp³-hybridized carbons (Fsp3) is 0.328. The maximum atomic E-state index is 16.1. The average molecular weight is 1360 g/mol. The van der Waals surface area contributed by atoms with E-state index < -0.39 is 75.4 Å². The molecule has 7 aromatic rings. The third-order valence-electron chi connectivity index (χ3n) is 18.0. The third kappa shape index (κ3) is 9.58. The smallest absolute Gasteiger partial charge is 0.338 e. The number of aromatic nitrogens is 2. The van der Waals surface area contributed by atoms with Gasteiger partial charge in [-0.15, -0.1) is 0 Å². The van der Waals surface area contributed by atoms with Crippen molar-refractivity contribution in [3.8, 4) is 5.88 Å². The molecule has 6 heterocycles. The van der Waals surface area contributed by atoms with Gasteiger partial charge in [-0.05, 0) is 109 Å². The summed E-state index contributed by atoms with van der Waals surface area (Å²) in [6, 6.07) is 26.2. The number of fused-ring (bicyclic) bond motifs is 9. The van der Waals surface area contributed by atoms with Crippen LogP contribution in [-0.2, 0) is 31.9 Å². The highest BCUT2D eigenvalue weighted by Crippen LogP contribution is 2.64. The van der Waals surface area contributed by atoms with Crippen LogP contribution in [0.15, 0.2) is 109 Å². The summed E-state index contributed by atoms with van der Waals surface area (Å²) in [5.74, 6) is -4.25. The number of halogens is 7. The Balaban J connectivity index is 0.000000167. The average Bonchev–Trinajstić information content (AvgIpc) is 1.53. The number of ether oxygens (including phenoxy) is 2. The topological polar surface area (TPSA) is 231 Å². The van der Waals surface area contributed by atoms with Crippen LogP contribution in [0.4, 0.5) is 25.8 Å². The minimum Gasteiger partial charge on any atom is -1.00 e. The second-order valence-corrected chi connectivity index (χ2v) is 24.3. The number of benzene rings is 6. The van der Waals surface area contributed by atoms with Gasteiger partial charge in [0.25, 0.3) is 5.69 Å². The molecule has 2 aliphatic carbocycles. The number of aromatic carboxylic acids is 1. The highest BCUT2D eigenvalue weighted by atomic mass is 127. The fourth-order valence-corrected chi connectivity index (χ4v) is 14.8. The molecule has 2 saturated carbocycles. The first-order chi connectivity index (χ1) is 40.9. The van der Waals surface area contributed by atoms with E-state index in [1.165, 1.54) is 43.5 Å². The van der Waals surface area contributed by atoms with Gasteiger partial charge < -0.3 is 59.6 Å². The maximum absolute atomic E-state index is 16.1. The monoisotopic (exact) mass is 1360 g/mol. The molecule has 86 heavy (non-hydrogen) atoms. The Hall–Kier alpha value is -6.54. The molecule has 2 spiro atoms. The summed E-state index contributed by atoms with van der Waals surface area (Å²) in [7, 11) is 1.18. The number of carbonyl (C=O) groups is 4. The number of carboxylic acid groups (broad SMARTS) is 1. The zero-order valence-corrected chi connectivity index (χ0v) is 50.6. The Kier molecular flexibility index (Phi) is 15.9. The Morgan fingerprint density at radius 1 is 0.791 bits per heavy atom. The minimum atomic E-state index is -1.46. The number of anilines is 2. The van der Waals surface area contributed by atoms with Gasteiger partial charge in [0.05, 0.1) is 68.8 Å². The Morgan fingerprint density at radius 2 is 1.36 bits per heavy atom. The molecular formula is C61H52Cl4F2IN8O10-. The molecule has 5 aliphatic heterocycles. The number of nitro benzene ring substituents is 1. The maximum Gasteiger partial charge on any atom is 0.338 e. The Bertz CT molecular complexity index is 3990. The van der Waals surface area contributed by atoms with E-state index in [1.54, 1.807) is 65.3 Å². The number of hydrogen-bond donors (Lipinski definition) is 5. The van der Waals surface area contributed by atoms with Crippen molar-refractivity contribution in [2.75, 3.05) is 44.0 Å². The van der Waals surface area contributed by atoms with Crippen LogP contribution in [0.1, 0.15) is 92.1 Å². The van der Waals surface area contributed by atoms with Crippen molar-refractivity contribution >= 4 is 98.1 Å². The molecule has 5 N–H and O–H groups in total. The molecule has 2 amide bonds. The number of rotatable bonds is 13. The molecule has 0 bridgehead atoms. The number of hydrogen-bond acceptors (Lipinski definition) is 13. The lowest BCUT2D eigenvalue weighted by Gasteiger charge is -2.39. The van der Waals surface area contributed by atoms with E-state index in [1.807, 2.05) is 11.0 Å². The van der Waals surface area contributed by atoms with E-state index in [-0.39, 0.29) is 99.6 Å². The number of nitrogens with one attached hydrogen (secondary N) is 3. The van der Waals surface area contributed by atoms with E-state index in [4.69, 9.17) is 61.0 Å². The number of aliphatic hydroxyl groups excluding tert-OH is 1. The van der Waals surface area contributed by atoms with Gasteiger partial charge in [-0.25, -0.2) is 23.1 Å². The molecule has 0 radical (unpaired) electrons. The van der Waals surface area contributed by atoms with E-state index >= 15 is 8.78 Å². The molecule has 18 nitrogen and oxygen atoms in total. The zero-order chi connectivity index (χ0) is 59.5. The number of aliphatic hydroxyl groups is 1.